The van der Waals surface area contributed by atoms with Crippen LogP contribution in [-0.4, -0.2) is 51.5 Å². The second-order valence-electron chi connectivity index (χ2n) is 9.84. The lowest BCUT2D eigenvalue weighted by Crippen LogP contribution is -2.47. The van der Waals surface area contributed by atoms with Gasteiger partial charge in [0.25, 0.3) is 10.0 Å². The van der Waals surface area contributed by atoms with Crippen molar-refractivity contribution in [1.82, 2.24) is 5.32 Å². The van der Waals surface area contributed by atoms with Gasteiger partial charge in [0, 0.05) is 23.2 Å². The van der Waals surface area contributed by atoms with Crippen molar-refractivity contribution in [2.75, 3.05) is 18.4 Å². The molecule has 0 aliphatic carbocycles. The fourth-order valence-electron chi connectivity index (χ4n) is 5.27. The van der Waals surface area contributed by atoms with Gasteiger partial charge in [-0.25, -0.2) is 8.42 Å². The van der Waals surface area contributed by atoms with E-state index in [1.165, 1.54) is 19.2 Å². The second kappa shape index (κ2) is 11.3. The molecule has 0 bridgehead atoms. The Labute approximate surface area is 228 Å². The van der Waals surface area contributed by atoms with E-state index in [0.717, 1.165) is 11.1 Å². The van der Waals surface area contributed by atoms with Crippen LogP contribution >= 0.6 is 0 Å². The topological polar surface area (TPSA) is 123 Å². The molecule has 0 spiro atoms. The molecule has 9 nitrogen and oxygen atoms in total. The summed E-state index contributed by atoms with van der Waals surface area (Å²) in [6, 6.07) is 20.9. The molecule has 3 aromatic rings. The minimum absolute atomic E-state index is 0.0821. The summed E-state index contributed by atoms with van der Waals surface area (Å²) >= 11 is 0. The molecular formula is C29H32N2O7S. The van der Waals surface area contributed by atoms with Gasteiger partial charge in [-0.15, -0.1) is 0 Å². The van der Waals surface area contributed by atoms with E-state index in [4.69, 9.17) is 14.2 Å². The third kappa shape index (κ3) is 5.88. The van der Waals surface area contributed by atoms with Gasteiger partial charge in [-0.05, 0) is 49.2 Å². The first-order valence-electron chi connectivity index (χ1n) is 12.9. The lowest BCUT2D eigenvalue weighted by Gasteiger charge is -2.37. The van der Waals surface area contributed by atoms with Gasteiger partial charge in [0.1, 0.15) is 23.7 Å². The van der Waals surface area contributed by atoms with Gasteiger partial charge < -0.3 is 24.6 Å². The zero-order chi connectivity index (χ0) is 27.6. The monoisotopic (exact) mass is 552 g/mol. The quantitative estimate of drug-likeness (QED) is 0.369. The fraction of sp³-hybridized carbons (Fsp3) is 0.345. The van der Waals surface area contributed by atoms with Crippen LogP contribution in [0, 0.1) is 0 Å². The van der Waals surface area contributed by atoms with E-state index >= 15 is 0 Å². The molecule has 5 atom stereocenters. The van der Waals surface area contributed by atoms with Crippen LogP contribution in [0.3, 0.4) is 0 Å². The van der Waals surface area contributed by atoms with Crippen LogP contribution in [0.5, 0.6) is 11.5 Å². The molecule has 1 fully saturated rings. The van der Waals surface area contributed by atoms with Crippen molar-refractivity contribution in [3.63, 3.8) is 0 Å². The van der Waals surface area contributed by atoms with E-state index in [1.807, 2.05) is 37.3 Å². The summed E-state index contributed by atoms with van der Waals surface area (Å²) in [5.41, 5.74) is 2.21. The maximum absolute atomic E-state index is 13.0. The molecule has 2 aliphatic rings. The zero-order valence-corrected chi connectivity index (χ0v) is 22.6. The lowest BCUT2D eigenvalue weighted by atomic mass is 9.84. The SMILES string of the molecule is COc1cccc(S(=O)(=O)Nc2ccc3c(c2)[C@@H]2C[C@@H](CC(=O)N[C@@H](C)c4ccccc4)O[C@H](CO)[C@@H]2O3)c1. The van der Waals surface area contributed by atoms with E-state index < -0.39 is 28.3 Å². The van der Waals surface area contributed by atoms with Crippen molar-refractivity contribution in [1.29, 1.82) is 0 Å². The summed E-state index contributed by atoms with van der Waals surface area (Å²) in [6.45, 7) is 1.67. The highest BCUT2D eigenvalue weighted by Crippen LogP contribution is 2.47. The second-order valence-corrected chi connectivity index (χ2v) is 11.5. The highest BCUT2D eigenvalue weighted by molar-refractivity contribution is 7.92. The van der Waals surface area contributed by atoms with Gasteiger partial charge in [0.05, 0.1) is 37.2 Å². The number of aliphatic hydroxyl groups is 1. The summed E-state index contributed by atoms with van der Waals surface area (Å²) in [7, 11) is -2.38. The van der Waals surface area contributed by atoms with Crippen LogP contribution in [0.25, 0.3) is 0 Å². The van der Waals surface area contributed by atoms with Crippen LogP contribution in [0.1, 0.15) is 42.9 Å². The lowest BCUT2D eigenvalue weighted by molar-refractivity contribution is -0.142. The van der Waals surface area contributed by atoms with Gasteiger partial charge >= 0.3 is 0 Å². The number of nitrogens with one attached hydrogen (secondary N) is 2. The molecule has 2 aliphatic heterocycles. The zero-order valence-electron chi connectivity index (χ0n) is 21.7. The standard InChI is InChI=1S/C29H32N2O7S/c1-18(19-7-4-3-5-8-19)30-28(33)16-22-15-25-24-13-20(11-12-26(24)38-29(25)27(17-32)37-22)31-39(34,35)23-10-6-9-21(14-23)36-2/h3-14,18,22,25,27,29,31-32H,15-17H2,1-2H3,(H,30,33)/t18-,22-,25-,27+,29+/m0/s1. The third-order valence-corrected chi connectivity index (χ3v) is 8.57. The number of methoxy groups -OCH3 is 1. The minimum atomic E-state index is -3.86. The summed E-state index contributed by atoms with van der Waals surface area (Å²) in [6.07, 6.45) is -0.852. The molecule has 3 N–H and O–H groups in total. The highest BCUT2D eigenvalue weighted by Gasteiger charge is 2.46. The van der Waals surface area contributed by atoms with Gasteiger partial charge in [-0.3, -0.25) is 9.52 Å². The predicted molar refractivity (Wildman–Crippen MR) is 145 cm³/mol. The molecule has 5 rings (SSSR count). The number of carbonyl (C=O) groups excluding carboxylic acids is 1. The van der Waals surface area contributed by atoms with Crippen LogP contribution in [-0.2, 0) is 19.6 Å². The Bertz CT molecular complexity index is 1430. The Balaban J connectivity index is 1.31. The number of hydrogen-bond donors (Lipinski definition) is 3. The van der Waals surface area contributed by atoms with Crippen LogP contribution in [0.15, 0.2) is 77.7 Å². The van der Waals surface area contributed by atoms with Crippen molar-refractivity contribution >= 4 is 21.6 Å². The van der Waals surface area contributed by atoms with E-state index in [9.17, 15) is 18.3 Å². The maximum atomic E-state index is 13.0. The Kier molecular flexibility index (Phi) is 7.79. The van der Waals surface area contributed by atoms with Gasteiger partial charge in [0.15, 0.2) is 0 Å². The number of fused-ring (bicyclic) bond motifs is 3. The van der Waals surface area contributed by atoms with Crippen LogP contribution < -0.4 is 19.5 Å². The first-order valence-corrected chi connectivity index (χ1v) is 14.3. The molecule has 10 heteroatoms. The molecule has 0 radical (unpaired) electrons. The van der Waals surface area contributed by atoms with E-state index in [2.05, 4.69) is 10.0 Å². The molecule has 3 aromatic carbocycles. The average Bonchev–Trinajstić information content (AvgIpc) is 3.30. The van der Waals surface area contributed by atoms with Crippen LogP contribution in [0.4, 0.5) is 5.69 Å². The van der Waals surface area contributed by atoms with E-state index in [-0.39, 0.29) is 35.8 Å². The first-order chi connectivity index (χ1) is 18.8. The molecule has 206 valence electrons. The van der Waals surface area contributed by atoms with Gasteiger partial charge in [0.2, 0.25) is 5.91 Å². The Hall–Kier alpha value is -3.60. The Morgan fingerprint density at radius 3 is 2.64 bits per heavy atom. The van der Waals surface area contributed by atoms with Crippen molar-refractivity contribution in [2.24, 2.45) is 0 Å². The molecule has 2 heterocycles. The summed E-state index contributed by atoms with van der Waals surface area (Å²) in [5.74, 6) is 0.731. The fourth-order valence-corrected chi connectivity index (χ4v) is 6.35. The number of sulfonamides is 1. The maximum Gasteiger partial charge on any atom is 0.262 e. The van der Waals surface area contributed by atoms with E-state index in [1.54, 1.807) is 30.3 Å². The number of ether oxygens (including phenoxy) is 3. The van der Waals surface area contributed by atoms with Gasteiger partial charge in [-0.1, -0.05) is 36.4 Å². The molecule has 39 heavy (non-hydrogen) atoms. The largest absolute Gasteiger partial charge is 0.497 e. The number of aliphatic hydroxyl groups excluding tert-OH is 1. The van der Waals surface area contributed by atoms with Crippen molar-refractivity contribution in [2.45, 2.75) is 54.9 Å². The van der Waals surface area contributed by atoms with Crippen molar-refractivity contribution in [3.8, 4) is 11.5 Å². The van der Waals surface area contributed by atoms with Crippen molar-refractivity contribution < 1.29 is 32.5 Å². The number of carbonyl (C=O) groups is 1. The third-order valence-electron chi connectivity index (χ3n) is 7.19. The summed E-state index contributed by atoms with van der Waals surface area (Å²) in [4.78, 5) is 12.9. The highest BCUT2D eigenvalue weighted by atomic mass is 32.2. The van der Waals surface area contributed by atoms with Gasteiger partial charge in [-0.2, -0.15) is 0 Å². The number of anilines is 1. The average molecular weight is 553 g/mol. The number of benzene rings is 3. The Morgan fingerprint density at radius 1 is 1.10 bits per heavy atom. The molecule has 0 saturated carbocycles. The summed E-state index contributed by atoms with van der Waals surface area (Å²) in [5, 5.41) is 13.0. The molecule has 1 saturated heterocycles. The molecule has 0 aromatic heterocycles. The van der Waals surface area contributed by atoms with E-state index in [0.29, 0.717) is 23.6 Å². The van der Waals surface area contributed by atoms with Crippen LogP contribution in [0.2, 0.25) is 0 Å². The molecule has 0 unspecified atom stereocenters. The first kappa shape index (κ1) is 27.0. The predicted octanol–water partition coefficient (Wildman–Crippen LogP) is 3.76. The Morgan fingerprint density at radius 2 is 1.90 bits per heavy atom. The molecular weight excluding hydrogens is 520 g/mol. The smallest absolute Gasteiger partial charge is 0.262 e. The molecule has 1 amide bonds. The summed E-state index contributed by atoms with van der Waals surface area (Å²) < 4.78 is 46.0. The van der Waals surface area contributed by atoms with Crippen molar-refractivity contribution in [3.05, 3.63) is 83.9 Å². The number of rotatable bonds is 9. The minimum Gasteiger partial charge on any atom is -0.497 e. The number of hydrogen-bond acceptors (Lipinski definition) is 7. The number of amides is 1. The normalized spacial score (nSPS) is 22.6.